The van der Waals surface area contributed by atoms with Gasteiger partial charge in [0.2, 0.25) is 15.9 Å². The summed E-state index contributed by atoms with van der Waals surface area (Å²) in [6.07, 6.45) is 0. The number of ether oxygens (including phenoxy) is 1. The fourth-order valence-electron chi connectivity index (χ4n) is 3.65. The first kappa shape index (κ1) is 27.4. The van der Waals surface area contributed by atoms with Gasteiger partial charge in [-0.2, -0.15) is 4.31 Å². The summed E-state index contributed by atoms with van der Waals surface area (Å²) in [5.74, 6) is 1.07. The third-order valence-corrected chi connectivity index (χ3v) is 11.1. The van der Waals surface area contributed by atoms with Gasteiger partial charge in [-0.1, -0.05) is 47.3 Å². The number of thioether (sulfide) groups is 2. The zero-order valence-corrected chi connectivity index (χ0v) is 24.2. The van der Waals surface area contributed by atoms with Crippen LogP contribution in [0.1, 0.15) is 5.82 Å². The van der Waals surface area contributed by atoms with Crippen molar-refractivity contribution in [3.63, 3.8) is 0 Å². The Balaban J connectivity index is 1.18. The van der Waals surface area contributed by atoms with Crippen LogP contribution in [-0.2, 0) is 32.4 Å². The number of amides is 1. The van der Waals surface area contributed by atoms with Crippen LogP contribution in [0.3, 0.4) is 0 Å². The quantitative estimate of drug-likeness (QED) is 0.279. The zero-order chi connectivity index (χ0) is 26.7. The van der Waals surface area contributed by atoms with Gasteiger partial charge in [-0.15, -0.1) is 21.5 Å². The highest BCUT2D eigenvalue weighted by Crippen LogP contribution is 2.32. The van der Waals surface area contributed by atoms with Crippen LogP contribution in [-0.4, -0.2) is 70.4 Å². The number of carbonyl (C=O) groups excluding carboxylic acids is 1. The summed E-state index contributed by atoms with van der Waals surface area (Å²) in [6.45, 7) is 1.25. The van der Waals surface area contributed by atoms with Gasteiger partial charge in [-0.05, 0) is 30.3 Å². The van der Waals surface area contributed by atoms with Gasteiger partial charge in [0, 0.05) is 20.1 Å². The molecule has 1 saturated heterocycles. The summed E-state index contributed by atoms with van der Waals surface area (Å²) in [4.78, 5) is 17.4. The molecule has 38 heavy (non-hydrogen) atoms. The molecule has 1 fully saturated rings. The van der Waals surface area contributed by atoms with Crippen molar-refractivity contribution < 1.29 is 17.9 Å². The van der Waals surface area contributed by atoms with Crippen LogP contribution < -0.4 is 5.32 Å². The maximum atomic E-state index is 13.0. The van der Waals surface area contributed by atoms with E-state index in [0.29, 0.717) is 24.1 Å². The van der Waals surface area contributed by atoms with Crippen molar-refractivity contribution >= 4 is 78.3 Å². The number of halogens is 1. The summed E-state index contributed by atoms with van der Waals surface area (Å²) in [5.41, 5.74) is 1.21. The Kier molecular flexibility index (Phi) is 8.57. The summed E-state index contributed by atoms with van der Waals surface area (Å²) in [7, 11) is -1.87. The van der Waals surface area contributed by atoms with E-state index in [1.54, 1.807) is 23.1 Å². The van der Waals surface area contributed by atoms with Crippen LogP contribution in [0.25, 0.3) is 10.2 Å². The number of para-hydroxylation sites is 1. The predicted octanol–water partition coefficient (Wildman–Crippen LogP) is 4.12. The Morgan fingerprint density at radius 1 is 1.16 bits per heavy atom. The first-order valence-electron chi connectivity index (χ1n) is 11.5. The molecule has 2 aromatic carbocycles. The topological polar surface area (TPSA) is 119 Å². The first-order chi connectivity index (χ1) is 18.3. The highest BCUT2D eigenvalue weighted by Gasteiger charge is 2.27. The molecule has 3 heterocycles. The van der Waals surface area contributed by atoms with Gasteiger partial charge in [0.25, 0.3) is 0 Å². The Bertz CT molecular complexity index is 1540. The SMILES string of the molecule is Cn1c(CSc2nc3ccccc3s2)nnc1SCC(=O)Nc1cc(S(=O)(=O)N2CCOCC2)ccc1Cl. The second-order valence-corrected chi connectivity index (χ2v) is 13.7. The van der Waals surface area contributed by atoms with Gasteiger partial charge < -0.3 is 14.6 Å². The molecule has 200 valence electrons. The molecule has 10 nitrogen and oxygen atoms in total. The minimum absolute atomic E-state index is 0.0494. The Hall–Kier alpha value is -2.20. The van der Waals surface area contributed by atoms with Gasteiger partial charge in [0.05, 0.1) is 50.5 Å². The Morgan fingerprint density at radius 3 is 2.74 bits per heavy atom. The number of nitrogens with zero attached hydrogens (tertiary/aromatic N) is 5. The highest BCUT2D eigenvalue weighted by molar-refractivity contribution is 8.00. The Labute approximate surface area is 237 Å². The third kappa shape index (κ3) is 6.17. The molecule has 4 aromatic rings. The molecule has 1 amide bonds. The van der Waals surface area contributed by atoms with Crippen LogP contribution in [0, 0.1) is 0 Å². The summed E-state index contributed by atoms with van der Waals surface area (Å²) >= 11 is 10.7. The fraction of sp³-hybridized carbons (Fsp3) is 0.304. The van der Waals surface area contributed by atoms with E-state index in [1.165, 1.54) is 34.3 Å². The lowest BCUT2D eigenvalue weighted by atomic mass is 10.3. The molecule has 1 aliphatic rings. The maximum absolute atomic E-state index is 13.0. The van der Waals surface area contributed by atoms with Gasteiger partial charge in [-0.25, -0.2) is 13.4 Å². The van der Waals surface area contributed by atoms with Gasteiger partial charge in [0.1, 0.15) is 5.82 Å². The van der Waals surface area contributed by atoms with E-state index in [4.69, 9.17) is 16.3 Å². The van der Waals surface area contributed by atoms with E-state index < -0.39 is 10.0 Å². The molecule has 0 radical (unpaired) electrons. The fourth-order valence-corrected chi connectivity index (χ4v) is 8.02. The number of morpholine rings is 1. The maximum Gasteiger partial charge on any atom is 0.243 e. The van der Waals surface area contributed by atoms with E-state index in [9.17, 15) is 13.2 Å². The number of carbonyl (C=O) groups is 1. The minimum atomic E-state index is -3.72. The molecule has 2 aromatic heterocycles. The van der Waals surface area contributed by atoms with Crippen LogP contribution >= 0.6 is 46.5 Å². The molecule has 0 aliphatic carbocycles. The number of benzene rings is 2. The van der Waals surface area contributed by atoms with Crippen molar-refractivity contribution in [1.29, 1.82) is 0 Å². The number of fused-ring (bicyclic) bond motifs is 1. The number of hydrogen-bond acceptors (Lipinski definition) is 10. The Morgan fingerprint density at radius 2 is 1.95 bits per heavy atom. The molecule has 0 bridgehead atoms. The van der Waals surface area contributed by atoms with Crippen molar-refractivity contribution in [2.24, 2.45) is 7.05 Å². The lowest BCUT2D eigenvalue weighted by Gasteiger charge is -2.26. The monoisotopic (exact) mass is 610 g/mol. The predicted molar refractivity (Wildman–Crippen MR) is 151 cm³/mol. The van der Waals surface area contributed by atoms with Crippen molar-refractivity contribution in [3.8, 4) is 0 Å². The zero-order valence-electron chi connectivity index (χ0n) is 20.2. The van der Waals surface area contributed by atoms with Crippen molar-refractivity contribution in [3.05, 3.63) is 53.3 Å². The summed E-state index contributed by atoms with van der Waals surface area (Å²) in [6, 6.07) is 12.3. The lowest BCUT2D eigenvalue weighted by Crippen LogP contribution is -2.40. The molecule has 0 spiro atoms. The lowest BCUT2D eigenvalue weighted by molar-refractivity contribution is -0.113. The van der Waals surface area contributed by atoms with Gasteiger partial charge in [0.15, 0.2) is 9.50 Å². The second kappa shape index (κ2) is 11.9. The number of sulfonamides is 1. The molecule has 1 aliphatic heterocycles. The molecule has 5 rings (SSSR count). The van der Waals surface area contributed by atoms with Gasteiger partial charge >= 0.3 is 0 Å². The van der Waals surface area contributed by atoms with E-state index in [1.807, 2.05) is 35.9 Å². The van der Waals surface area contributed by atoms with Crippen LogP contribution in [0.5, 0.6) is 0 Å². The second-order valence-electron chi connectivity index (χ2n) is 8.19. The van der Waals surface area contributed by atoms with Gasteiger partial charge in [-0.3, -0.25) is 4.79 Å². The summed E-state index contributed by atoms with van der Waals surface area (Å²) in [5, 5.41) is 12.0. The molecule has 0 unspecified atom stereocenters. The molecule has 0 saturated carbocycles. The smallest absolute Gasteiger partial charge is 0.243 e. The van der Waals surface area contributed by atoms with E-state index in [-0.39, 0.29) is 40.4 Å². The number of hydrogen-bond donors (Lipinski definition) is 1. The number of nitrogens with one attached hydrogen (secondary N) is 1. The minimum Gasteiger partial charge on any atom is -0.379 e. The molecule has 0 atom stereocenters. The average molecular weight is 611 g/mol. The third-order valence-electron chi connectivity index (χ3n) is 5.68. The normalized spacial score (nSPS) is 14.7. The van der Waals surface area contributed by atoms with E-state index in [2.05, 4.69) is 20.5 Å². The average Bonchev–Trinajstić information content (AvgIpc) is 3.50. The van der Waals surface area contributed by atoms with Crippen molar-refractivity contribution in [1.82, 2.24) is 24.1 Å². The molecule has 1 N–H and O–H groups in total. The van der Waals surface area contributed by atoms with Crippen LogP contribution in [0.2, 0.25) is 5.02 Å². The first-order valence-corrected chi connectivity index (χ1v) is 16.1. The number of anilines is 1. The van der Waals surface area contributed by atoms with Crippen molar-refractivity contribution in [2.45, 2.75) is 20.1 Å². The standard InChI is InChI=1S/C23H23ClN6O4S4/c1-29-20(13-36-23-26-17-4-2-3-5-19(17)37-23)27-28-22(29)35-14-21(31)25-18-12-15(6-7-16(18)24)38(32,33)30-8-10-34-11-9-30/h2-7,12H,8-11,13-14H2,1H3,(H,25,31). The van der Waals surface area contributed by atoms with Crippen LogP contribution in [0.4, 0.5) is 5.69 Å². The highest BCUT2D eigenvalue weighted by atomic mass is 35.5. The van der Waals surface area contributed by atoms with E-state index >= 15 is 0 Å². The molecular weight excluding hydrogens is 588 g/mol. The number of aromatic nitrogens is 4. The molecule has 15 heteroatoms. The summed E-state index contributed by atoms with van der Waals surface area (Å²) < 4.78 is 36.5. The van der Waals surface area contributed by atoms with Crippen molar-refractivity contribution in [2.75, 3.05) is 37.4 Å². The van der Waals surface area contributed by atoms with Crippen LogP contribution in [0.15, 0.2) is 56.9 Å². The largest absolute Gasteiger partial charge is 0.379 e. The number of thiazole rings is 1. The molecular formula is C23H23ClN6O4S4. The number of rotatable bonds is 9. The van der Waals surface area contributed by atoms with E-state index in [0.717, 1.165) is 20.4 Å².